The van der Waals surface area contributed by atoms with Gasteiger partial charge in [0.05, 0.1) is 30.7 Å². The maximum Gasteiger partial charge on any atom is 0.155 e. The van der Waals surface area contributed by atoms with E-state index in [0.29, 0.717) is 23.8 Å². The largest absolute Gasteiger partial charge is 0.341 e. The topological polar surface area (TPSA) is 81.4 Å². The molecule has 7 heteroatoms. The molecule has 0 spiro atoms. The predicted octanol–water partition coefficient (Wildman–Crippen LogP) is 6.28. The van der Waals surface area contributed by atoms with Gasteiger partial charge < -0.3 is 20.6 Å². The molecule has 2 aliphatic rings. The molecule has 2 aliphatic carbocycles. The van der Waals surface area contributed by atoms with Crippen molar-refractivity contribution in [3.8, 4) is 33.6 Å². The molecule has 2 saturated carbocycles. The van der Waals surface area contributed by atoms with E-state index in [1.165, 1.54) is 5.56 Å². The highest BCUT2D eigenvalue weighted by Crippen LogP contribution is 2.38. The molecule has 2 aromatic heterocycles. The third kappa shape index (κ3) is 4.98. The van der Waals surface area contributed by atoms with Crippen molar-refractivity contribution in [1.82, 2.24) is 30.6 Å². The van der Waals surface area contributed by atoms with Crippen LogP contribution in [0.4, 0.5) is 0 Å². The highest BCUT2D eigenvalue weighted by atomic mass is 35.5. The normalized spacial score (nSPS) is 26.4. The summed E-state index contributed by atoms with van der Waals surface area (Å²) in [5.74, 6) is 4.82. The second-order valence-electron chi connectivity index (χ2n) is 11.0. The minimum absolute atomic E-state index is 0.515. The van der Waals surface area contributed by atoms with E-state index in [2.05, 4.69) is 107 Å². The summed E-state index contributed by atoms with van der Waals surface area (Å²) in [6.07, 6.45) is 1.92. The van der Waals surface area contributed by atoms with Crippen LogP contribution in [-0.4, -0.2) is 32.0 Å². The van der Waals surface area contributed by atoms with Gasteiger partial charge in [-0.05, 0) is 40.4 Å². The van der Waals surface area contributed by atoms with Crippen molar-refractivity contribution < 1.29 is 0 Å². The Hall–Kier alpha value is -2.93. The first-order chi connectivity index (χ1) is 17.9. The van der Waals surface area contributed by atoms with Crippen LogP contribution in [0.25, 0.3) is 33.6 Å². The number of hydrogen-bond acceptors (Lipinski definition) is 4. The molecule has 0 aliphatic heterocycles. The minimum Gasteiger partial charge on any atom is -0.341 e. The molecule has 0 bridgehead atoms. The highest BCUT2D eigenvalue weighted by molar-refractivity contribution is 6.31. The molecule has 2 heterocycles. The van der Waals surface area contributed by atoms with Crippen LogP contribution < -0.4 is 10.6 Å². The Morgan fingerprint density at radius 3 is 1.70 bits per heavy atom. The first-order valence-corrected chi connectivity index (χ1v) is 13.7. The number of H-pyrrole nitrogens is 2. The summed E-state index contributed by atoms with van der Waals surface area (Å²) in [6.45, 7) is 10.6. The molecular formula is C30H35ClN6. The number of aromatic nitrogens is 4. The van der Waals surface area contributed by atoms with Crippen molar-refractivity contribution in [3.63, 3.8) is 0 Å². The van der Waals surface area contributed by atoms with E-state index in [0.717, 1.165) is 69.9 Å². The van der Waals surface area contributed by atoms with Gasteiger partial charge in [0.2, 0.25) is 0 Å². The molecule has 4 aromatic rings. The summed E-state index contributed by atoms with van der Waals surface area (Å²) in [5, 5.41) is 7.68. The number of nitrogens with one attached hydrogen (secondary N) is 4. The summed E-state index contributed by atoms with van der Waals surface area (Å²) in [6, 6.07) is 18.2. The van der Waals surface area contributed by atoms with E-state index in [-0.39, 0.29) is 0 Å². The van der Waals surface area contributed by atoms with Gasteiger partial charge in [-0.15, -0.1) is 0 Å². The Labute approximate surface area is 223 Å². The van der Waals surface area contributed by atoms with Crippen LogP contribution in [0.1, 0.15) is 39.3 Å². The van der Waals surface area contributed by atoms with Crippen LogP contribution in [0.15, 0.2) is 54.7 Å². The number of benzene rings is 2. The third-order valence-electron chi connectivity index (χ3n) is 8.69. The maximum atomic E-state index is 6.47. The molecule has 2 fully saturated rings. The average molecular weight is 515 g/mol. The molecule has 4 N–H and O–H groups in total. The Kier molecular flexibility index (Phi) is 6.43. The summed E-state index contributed by atoms with van der Waals surface area (Å²) in [7, 11) is 0. The standard InChI is InChI=1S/C30H35ClN6/c1-16-17(2)27(16)33-14-25-32-13-24(35-25)22-9-5-20(6-10-22)21-7-11-23(12-8-21)29-30(31)37-26(36-29)15-34-28-18(3)19(28)4/h5-13,16-19,27-28,33-34H,14-15H2,1-4H3,(H,32,35)(H,36,37)/t16-,17?,18-,19?,27?,28?/m1/s1. The second-order valence-corrected chi connectivity index (χ2v) is 11.4. The number of hydrogen-bond donors (Lipinski definition) is 4. The van der Waals surface area contributed by atoms with Crippen molar-refractivity contribution in [1.29, 1.82) is 0 Å². The molecule has 6 nitrogen and oxygen atoms in total. The lowest BCUT2D eigenvalue weighted by molar-refractivity contribution is 0.622. The first-order valence-electron chi connectivity index (χ1n) is 13.4. The fourth-order valence-corrected chi connectivity index (χ4v) is 5.70. The van der Waals surface area contributed by atoms with E-state index in [1.807, 2.05) is 6.20 Å². The average Bonchev–Trinajstić information content (AvgIpc) is 3.45. The number of imidazole rings is 2. The fourth-order valence-electron chi connectivity index (χ4n) is 5.44. The van der Waals surface area contributed by atoms with Gasteiger partial charge in [-0.3, -0.25) is 0 Å². The zero-order valence-electron chi connectivity index (χ0n) is 21.8. The van der Waals surface area contributed by atoms with Crippen molar-refractivity contribution in [2.75, 3.05) is 0 Å². The van der Waals surface area contributed by atoms with E-state index in [1.54, 1.807) is 0 Å². The predicted molar refractivity (Wildman–Crippen MR) is 150 cm³/mol. The van der Waals surface area contributed by atoms with Gasteiger partial charge in [0.1, 0.15) is 11.6 Å². The van der Waals surface area contributed by atoms with Crippen LogP contribution in [0.3, 0.4) is 0 Å². The number of aromatic amines is 2. The SMILES string of the molecule is CC1C(NCc2ncc(-c3ccc(-c4ccc(-c5[nH]c(CNC6C(C)[C@H]6C)nc5Cl)cc4)cc3)[nH]2)[C@@H]1C. The van der Waals surface area contributed by atoms with Gasteiger partial charge in [-0.25, -0.2) is 9.97 Å². The lowest BCUT2D eigenvalue weighted by Crippen LogP contribution is -2.19. The molecule has 0 saturated heterocycles. The van der Waals surface area contributed by atoms with Gasteiger partial charge in [0, 0.05) is 17.6 Å². The fraction of sp³-hybridized carbons (Fsp3) is 0.400. The smallest absolute Gasteiger partial charge is 0.155 e. The maximum absolute atomic E-state index is 6.47. The third-order valence-corrected chi connectivity index (χ3v) is 8.97. The van der Waals surface area contributed by atoms with Crippen LogP contribution in [0, 0.1) is 23.7 Å². The Morgan fingerprint density at radius 1 is 0.676 bits per heavy atom. The van der Waals surface area contributed by atoms with Crippen molar-refractivity contribution in [2.24, 2.45) is 23.7 Å². The van der Waals surface area contributed by atoms with E-state index in [9.17, 15) is 0 Å². The lowest BCUT2D eigenvalue weighted by atomic mass is 10.0. The first kappa shape index (κ1) is 24.4. The molecular weight excluding hydrogens is 480 g/mol. The molecule has 6 rings (SSSR count). The van der Waals surface area contributed by atoms with Crippen molar-refractivity contribution in [2.45, 2.75) is 52.9 Å². The van der Waals surface area contributed by atoms with Crippen LogP contribution in [-0.2, 0) is 13.1 Å². The summed E-state index contributed by atoms with van der Waals surface area (Å²) < 4.78 is 0. The minimum atomic E-state index is 0.515. The van der Waals surface area contributed by atoms with Crippen LogP contribution in [0.5, 0.6) is 0 Å². The molecule has 192 valence electrons. The monoisotopic (exact) mass is 514 g/mol. The Balaban J connectivity index is 1.09. The number of nitrogens with zero attached hydrogens (tertiary/aromatic N) is 2. The molecule has 0 radical (unpaired) electrons. The van der Waals surface area contributed by atoms with Gasteiger partial charge in [0.15, 0.2) is 5.15 Å². The molecule has 37 heavy (non-hydrogen) atoms. The summed E-state index contributed by atoms with van der Waals surface area (Å²) >= 11 is 6.47. The van der Waals surface area contributed by atoms with E-state index >= 15 is 0 Å². The Morgan fingerprint density at radius 2 is 1.16 bits per heavy atom. The molecule has 0 amide bonds. The van der Waals surface area contributed by atoms with Gasteiger partial charge in [0.25, 0.3) is 0 Å². The van der Waals surface area contributed by atoms with E-state index in [4.69, 9.17) is 11.6 Å². The zero-order valence-corrected chi connectivity index (χ0v) is 22.6. The van der Waals surface area contributed by atoms with Gasteiger partial charge in [-0.1, -0.05) is 87.8 Å². The highest BCUT2D eigenvalue weighted by Gasteiger charge is 2.42. The quantitative estimate of drug-likeness (QED) is 0.212. The van der Waals surface area contributed by atoms with Crippen molar-refractivity contribution in [3.05, 3.63) is 71.5 Å². The second kappa shape index (κ2) is 9.75. The molecule has 2 aromatic carbocycles. The number of rotatable bonds is 9. The molecule has 6 atom stereocenters. The summed E-state index contributed by atoms with van der Waals surface area (Å²) in [4.78, 5) is 15.9. The van der Waals surface area contributed by atoms with Crippen LogP contribution >= 0.6 is 11.6 Å². The number of halogens is 1. The van der Waals surface area contributed by atoms with Crippen molar-refractivity contribution >= 4 is 11.6 Å². The van der Waals surface area contributed by atoms with Crippen LogP contribution in [0.2, 0.25) is 5.15 Å². The van der Waals surface area contributed by atoms with Gasteiger partial charge in [-0.2, -0.15) is 0 Å². The van der Waals surface area contributed by atoms with E-state index < -0.39 is 0 Å². The Bertz CT molecular complexity index is 1360. The zero-order chi connectivity index (χ0) is 25.7. The molecule has 4 unspecified atom stereocenters. The summed E-state index contributed by atoms with van der Waals surface area (Å²) in [5.41, 5.74) is 6.40. The lowest BCUT2D eigenvalue weighted by Gasteiger charge is -2.06. The van der Waals surface area contributed by atoms with Gasteiger partial charge >= 0.3 is 0 Å².